The van der Waals surface area contributed by atoms with Crippen LogP contribution in [0.1, 0.15) is 34.6 Å². The topological polar surface area (TPSA) is 34.4 Å². The first-order valence-corrected chi connectivity index (χ1v) is 5.30. The van der Waals surface area contributed by atoms with Crippen molar-refractivity contribution in [1.82, 2.24) is 10.2 Å². The average Bonchev–Trinajstić information content (AvgIpc) is 2.01. The summed E-state index contributed by atoms with van der Waals surface area (Å²) >= 11 is 0. The number of piperazine rings is 1. The number of carbonyl (C=O) groups excluding carboxylic acids is 1. The van der Waals surface area contributed by atoms with E-state index in [1.807, 2.05) is 25.7 Å². The van der Waals surface area contributed by atoms with E-state index in [9.17, 15) is 4.79 Å². The zero-order valence-electron chi connectivity index (χ0n) is 9.87. The minimum Gasteiger partial charge on any atom is -0.334 e. The van der Waals surface area contributed by atoms with Crippen LogP contribution in [0.4, 0.5) is 0 Å². The molecule has 14 heavy (non-hydrogen) atoms. The molecule has 0 spiro atoms. The third-order valence-corrected chi connectivity index (χ3v) is 2.61. The van der Waals surface area contributed by atoms with E-state index in [1.54, 1.807) is 0 Å². The molecule has 0 bridgehead atoms. The maximum Gasteiger partial charge on any atom is 0.228 e. The molecule has 0 aromatic rings. The van der Waals surface area contributed by atoms with Crippen LogP contribution in [-0.2, 0) is 4.79 Å². The van der Waals surface area contributed by atoms with Gasteiger partial charge < -0.3 is 4.90 Å². The normalized spacial score (nSPS) is 29.1. The first-order chi connectivity index (χ1) is 6.34. The minimum atomic E-state index is -0.278. The van der Waals surface area contributed by atoms with Gasteiger partial charge in [0.1, 0.15) is 0 Å². The lowest BCUT2D eigenvalue weighted by Crippen LogP contribution is -2.57. The van der Waals surface area contributed by atoms with Gasteiger partial charge in [0.05, 0.1) is 0 Å². The van der Waals surface area contributed by atoms with Crippen molar-refractivity contribution in [2.45, 2.75) is 46.7 Å². The van der Waals surface area contributed by atoms with Crippen LogP contribution in [0.3, 0.4) is 0 Å². The van der Waals surface area contributed by atoms with E-state index in [0.717, 1.165) is 13.1 Å². The molecule has 3 heteroatoms. The number of amides is 1. The zero-order chi connectivity index (χ0) is 10.9. The molecule has 1 aliphatic rings. The smallest absolute Gasteiger partial charge is 0.228 e. The van der Waals surface area contributed by atoms with E-state index in [-0.39, 0.29) is 23.4 Å². The van der Waals surface area contributed by atoms with E-state index < -0.39 is 0 Å². The van der Waals surface area contributed by atoms with Crippen molar-refractivity contribution in [2.24, 2.45) is 5.41 Å². The van der Waals surface area contributed by atoms with Gasteiger partial charge in [-0.05, 0) is 13.8 Å². The first-order valence-electron chi connectivity index (χ1n) is 5.30. The second-order valence-electron chi connectivity index (χ2n) is 5.25. The molecule has 1 radical (unpaired) electrons. The first kappa shape index (κ1) is 11.5. The summed E-state index contributed by atoms with van der Waals surface area (Å²) in [7, 11) is 0. The molecule has 1 fully saturated rings. The molecule has 0 aromatic carbocycles. The summed E-state index contributed by atoms with van der Waals surface area (Å²) in [6, 6.07) is 0.510. The lowest BCUT2D eigenvalue weighted by molar-refractivity contribution is -0.145. The Bertz CT molecular complexity index is 210. The standard InChI is InChI=1S/C11H21N2O/c1-8-6-12-7-9(2)13(8)10(14)11(3,4)5/h8-9H,6-7H2,1-5H3. The van der Waals surface area contributed by atoms with E-state index in [2.05, 4.69) is 19.2 Å². The van der Waals surface area contributed by atoms with Crippen LogP contribution in [-0.4, -0.2) is 36.0 Å². The minimum absolute atomic E-state index is 0.243. The second kappa shape index (κ2) is 3.89. The van der Waals surface area contributed by atoms with Gasteiger partial charge in [0, 0.05) is 30.6 Å². The highest BCUT2D eigenvalue weighted by Gasteiger charge is 2.35. The molecule has 0 N–H and O–H groups in total. The van der Waals surface area contributed by atoms with Crippen LogP contribution in [0.5, 0.6) is 0 Å². The van der Waals surface area contributed by atoms with Crippen molar-refractivity contribution in [1.29, 1.82) is 0 Å². The van der Waals surface area contributed by atoms with E-state index in [1.165, 1.54) is 0 Å². The summed E-state index contributed by atoms with van der Waals surface area (Å²) in [6.45, 7) is 11.6. The molecule has 81 valence electrons. The van der Waals surface area contributed by atoms with Crippen LogP contribution in [0, 0.1) is 5.41 Å². The van der Waals surface area contributed by atoms with Gasteiger partial charge in [-0.15, -0.1) is 0 Å². The number of nitrogens with zero attached hydrogens (tertiary/aromatic N) is 2. The van der Waals surface area contributed by atoms with Gasteiger partial charge in [-0.25, -0.2) is 5.32 Å². The Morgan fingerprint density at radius 3 is 2.00 bits per heavy atom. The summed E-state index contributed by atoms with van der Waals surface area (Å²) in [5.41, 5.74) is -0.278. The fourth-order valence-corrected chi connectivity index (χ4v) is 1.85. The molecule has 2 atom stereocenters. The van der Waals surface area contributed by atoms with E-state index >= 15 is 0 Å². The van der Waals surface area contributed by atoms with Gasteiger partial charge in [0.25, 0.3) is 0 Å². The van der Waals surface area contributed by atoms with Crippen molar-refractivity contribution in [2.75, 3.05) is 13.1 Å². The van der Waals surface area contributed by atoms with Gasteiger partial charge in [-0.1, -0.05) is 20.8 Å². The molecule has 0 aromatic heterocycles. The Balaban J connectivity index is 2.78. The molecule has 1 amide bonds. The number of rotatable bonds is 0. The van der Waals surface area contributed by atoms with Gasteiger partial charge in [-0.2, -0.15) is 0 Å². The molecule has 1 heterocycles. The Morgan fingerprint density at radius 2 is 1.64 bits per heavy atom. The number of hydrogen-bond donors (Lipinski definition) is 0. The molecule has 0 aliphatic carbocycles. The molecule has 1 aliphatic heterocycles. The Kier molecular flexibility index (Phi) is 3.20. The summed E-state index contributed by atoms with van der Waals surface area (Å²) in [4.78, 5) is 14.1. The third kappa shape index (κ3) is 2.27. The predicted molar refractivity (Wildman–Crippen MR) is 57.1 cm³/mol. The molecule has 0 saturated carbocycles. The molecule has 1 rings (SSSR count). The summed E-state index contributed by atoms with van der Waals surface area (Å²) in [5, 5.41) is 4.36. The monoisotopic (exact) mass is 197 g/mol. The Hall–Kier alpha value is -0.570. The average molecular weight is 197 g/mol. The van der Waals surface area contributed by atoms with Crippen molar-refractivity contribution < 1.29 is 4.79 Å². The maximum atomic E-state index is 12.1. The summed E-state index contributed by atoms with van der Waals surface area (Å²) in [5.74, 6) is 0.243. The SMILES string of the molecule is CC1C[N]CC(C)N1C(=O)C(C)(C)C. The van der Waals surface area contributed by atoms with Gasteiger partial charge in [0.15, 0.2) is 0 Å². The van der Waals surface area contributed by atoms with E-state index in [4.69, 9.17) is 0 Å². The largest absolute Gasteiger partial charge is 0.334 e. The van der Waals surface area contributed by atoms with Gasteiger partial charge in [0.2, 0.25) is 5.91 Å². The molecule has 3 nitrogen and oxygen atoms in total. The molecular formula is C11H21N2O. The Morgan fingerprint density at radius 1 is 1.21 bits per heavy atom. The number of hydrogen-bond acceptors (Lipinski definition) is 1. The highest BCUT2D eigenvalue weighted by molar-refractivity contribution is 5.82. The van der Waals surface area contributed by atoms with Crippen LogP contribution < -0.4 is 5.32 Å². The fourth-order valence-electron chi connectivity index (χ4n) is 1.85. The van der Waals surface area contributed by atoms with Crippen molar-refractivity contribution in [3.8, 4) is 0 Å². The van der Waals surface area contributed by atoms with Gasteiger partial charge >= 0.3 is 0 Å². The lowest BCUT2D eigenvalue weighted by atomic mass is 9.92. The predicted octanol–water partition coefficient (Wildman–Crippen LogP) is 1.26. The van der Waals surface area contributed by atoms with Crippen LogP contribution in [0.2, 0.25) is 0 Å². The third-order valence-electron chi connectivity index (χ3n) is 2.61. The highest BCUT2D eigenvalue weighted by atomic mass is 16.2. The molecule has 1 saturated heterocycles. The van der Waals surface area contributed by atoms with Crippen LogP contribution in [0.15, 0.2) is 0 Å². The van der Waals surface area contributed by atoms with Gasteiger partial charge in [-0.3, -0.25) is 4.79 Å². The fraction of sp³-hybridized carbons (Fsp3) is 0.909. The van der Waals surface area contributed by atoms with Crippen LogP contribution >= 0.6 is 0 Å². The summed E-state index contributed by atoms with van der Waals surface area (Å²) < 4.78 is 0. The van der Waals surface area contributed by atoms with Crippen molar-refractivity contribution >= 4 is 5.91 Å². The molecule has 2 unspecified atom stereocenters. The number of carbonyl (C=O) groups is 1. The van der Waals surface area contributed by atoms with E-state index in [0.29, 0.717) is 0 Å². The maximum absolute atomic E-state index is 12.1. The zero-order valence-corrected chi connectivity index (χ0v) is 9.87. The second-order valence-corrected chi connectivity index (χ2v) is 5.25. The van der Waals surface area contributed by atoms with Crippen molar-refractivity contribution in [3.05, 3.63) is 0 Å². The van der Waals surface area contributed by atoms with Crippen LogP contribution in [0.25, 0.3) is 0 Å². The Labute approximate surface area is 86.9 Å². The quantitative estimate of drug-likeness (QED) is 0.575. The summed E-state index contributed by atoms with van der Waals surface area (Å²) in [6.07, 6.45) is 0. The van der Waals surface area contributed by atoms with Crippen molar-refractivity contribution in [3.63, 3.8) is 0 Å². The molecular weight excluding hydrogens is 176 g/mol. The lowest BCUT2D eigenvalue weighted by Gasteiger charge is -2.41. The highest BCUT2D eigenvalue weighted by Crippen LogP contribution is 2.22.